The van der Waals surface area contributed by atoms with Gasteiger partial charge in [-0.3, -0.25) is 9.78 Å². The van der Waals surface area contributed by atoms with Crippen LogP contribution in [-0.2, 0) is 9.53 Å². The summed E-state index contributed by atoms with van der Waals surface area (Å²) in [6.45, 7) is 1.91. The van der Waals surface area contributed by atoms with Gasteiger partial charge in [0.2, 0.25) is 0 Å². The van der Waals surface area contributed by atoms with E-state index in [2.05, 4.69) is 15.8 Å². The molecule has 0 radical (unpaired) electrons. The van der Waals surface area contributed by atoms with Crippen molar-refractivity contribution in [2.45, 2.75) is 23.5 Å². The smallest absolute Gasteiger partial charge is 0.306 e. The molecule has 0 amide bonds. The van der Waals surface area contributed by atoms with Crippen LogP contribution in [0.3, 0.4) is 0 Å². The van der Waals surface area contributed by atoms with Crippen LogP contribution in [0.25, 0.3) is 0 Å². The highest BCUT2D eigenvalue weighted by Gasteiger charge is 2.12. The maximum Gasteiger partial charge on any atom is 0.306 e. The van der Waals surface area contributed by atoms with Gasteiger partial charge < -0.3 is 4.74 Å². The molecule has 0 aliphatic heterocycles. The Hall–Kier alpha value is -1.54. The Kier molecular flexibility index (Phi) is 4.80. The van der Waals surface area contributed by atoms with Gasteiger partial charge in [-0.05, 0) is 6.07 Å². The molecule has 1 aromatic rings. The summed E-state index contributed by atoms with van der Waals surface area (Å²) in [5.74, 6) is -0.248. The predicted octanol–water partition coefficient (Wildman–Crippen LogP) is 2.00. The average molecular weight is 236 g/mol. The molecule has 16 heavy (non-hydrogen) atoms. The van der Waals surface area contributed by atoms with Crippen LogP contribution in [-0.4, -0.2) is 23.3 Å². The van der Waals surface area contributed by atoms with Crippen molar-refractivity contribution < 1.29 is 9.53 Å². The van der Waals surface area contributed by atoms with E-state index in [1.54, 1.807) is 18.5 Å². The van der Waals surface area contributed by atoms with Crippen LogP contribution >= 0.6 is 11.8 Å². The molecule has 0 fully saturated rings. The third-order valence-electron chi connectivity index (χ3n) is 1.91. The second kappa shape index (κ2) is 6.13. The van der Waals surface area contributed by atoms with Crippen molar-refractivity contribution in [3.8, 4) is 6.07 Å². The molecule has 0 saturated carbocycles. The molecular formula is C11H12N2O2S. The van der Waals surface area contributed by atoms with Gasteiger partial charge in [-0.15, -0.1) is 11.8 Å². The minimum Gasteiger partial charge on any atom is -0.469 e. The molecule has 0 aromatic carbocycles. The van der Waals surface area contributed by atoms with Crippen LogP contribution in [0.15, 0.2) is 23.4 Å². The van der Waals surface area contributed by atoms with Crippen molar-refractivity contribution in [1.29, 1.82) is 5.26 Å². The number of carbonyl (C=O) groups excluding carboxylic acids is 1. The molecule has 0 saturated heterocycles. The van der Waals surface area contributed by atoms with Gasteiger partial charge >= 0.3 is 5.97 Å². The maximum absolute atomic E-state index is 11.1. The van der Waals surface area contributed by atoms with Crippen LogP contribution in [0, 0.1) is 11.3 Å². The molecular weight excluding hydrogens is 224 g/mol. The number of nitrogens with zero attached hydrogens (tertiary/aromatic N) is 2. The number of aromatic nitrogens is 1. The summed E-state index contributed by atoms with van der Waals surface area (Å²) in [7, 11) is 1.37. The van der Waals surface area contributed by atoms with Gasteiger partial charge in [-0.2, -0.15) is 5.26 Å². The highest BCUT2D eigenvalue weighted by molar-refractivity contribution is 8.00. The number of hydrogen-bond donors (Lipinski definition) is 0. The van der Waals surface area contributed by atoms with Crippen molar-refractivity contribution in [1.82, 2.24) is 4.98 Å². The summed E-state index contributed by atoms with van der Waals surface area (Å²) < 4.78 is 4.58. The molecule has 0 aliphatic carbocycles. The van der Waals surface area contributed by atoms with Gasteiger partial charge in [0.15, 0.2) is 0 Å². The number of pyridine rings is 1. The van der Waals surface area contributed by atoms with E-state index in [9.17, 15) is 4.79 Å². The van der Waals surface area contributed by atoms with Crippen molar-refractivity contribution in [3.05, 3.63) is 24.0 Å². The largest absolute Gasteiger partial charge is 0.469 e. The molecule has 4 nitrogen and oxygen atoms in total. The van der Waals surface area contributed by atoms with Gasteiger partial charge in [-0.1, -0.05) is 6.92 Å². The Balaban J connectivity index is 2.66. The molecule has 1 heterocycles. The maximum atomic E-state index is 11.1. The van der Waals surface area contributed by atoms with Gasteiger partial charge in [0, 0.05) is 22.5 Å². The standard InChI is InChI=1S/C11H12N2O2S/c1-8(5-11(14)15-2)16-10-7-13-4-3-9(10)6-12/h3-4,7-8H,5H2,1-2H3. The fourth-order valence-electron chi connectivity index (χ4n) is 1.14. The SMILES string of the molecule is COC(=O)CC(C)Sc1cnccc1C#N. The average Bonchev–Trinajstić information content (AvgIpc) is 2.29. The second-order valence-electron chi connectivity index (χ2n) is 3.19. The number of nitriles is 1. The van der Waals surface area contributed by atoms with Crippen LogP contribution < -0.4 is 0 Å². The molecule has 84 valence electrons. The lowest BCUT2D eigenvalue weighted by Gasteiger charge is -2.09. The van der Waals surface area contributed by atoms with Gasteiger partial charge in [0.25, 0.3) is 0 Å². The molecule has 1 aromatic heterocycles. The molecule has 5 heteroatoms. The summed E-state index contributed by atoms with van der Waals surface area (Å²) in [4.78, 5) is 15.8. The van der Waals surface area contributed by atoms with E-state index in [1.807, 2.05) is 6.92 Å². The Bertz CT molecular complexity index is 415. The number of carbonyl (C=O) groups is 1. The van der Waals surface area contributed by atoms with Crippen molar-refractivity contribution in [3.63, 3.8) is 0 Å². The monoisotopic (exact) mass is 236 g/mol. The Morgan fingerprint density at radius 1 is 1.75 bits per heavy atom. The quantitative estimate of drug-likeness (QED) is 0.591. The zero-order chi connectivity index (χ0) is 12.0. The number of hydrogen-bond acceptors (Lipinski definition) is 5. The molecule has 1 rings (SSSR count). The molecule has 1 unspecified atom stereocenters. The van der Waals surface area contributed by atoms with E-state index < -0.39 is 0 Å². The fourth-order valence-corrected chi connectivity index (χ4v) is 2.16. The Morgan fingerprint density at radius 3 is 3.12 bits per heavy atom. The minimum absolute atomic E-state index is 0.0590. The van der Waals surface area contributed by atoms with Crippen LogP contribution in [0.1, 0.15) is 18.9 Å². The summed E-state index contributed by atoms with van der Waals surface area (Å²) in [5, 5.41) is 8.94. The Labute approximate surface area is 98.6 Å². The fraction of sp³-hybridized carbons (Fsp3) is 0.364. The lowest BCUT2D eigenvalue weighted by Crippen LogP contribution is -2.08. The van der Waals surface area contributed by atoms with Crippen LogP contribution in [0.5, 0.6) is 0 Å². The summed E-state index contributed by atoms with van der Waals surface area (Å²) >= 11 is 1.45. The van der Waals surface area contributed by atoms with Gasteiger partial charge in [0.05, 0.1) is 19.1 Å². The van der Waals surface area contributed by atoms with Gasteiger partial charge in [0.1, 0.15) is 6.07 Å². The first-order chi connectivity index (χ1) is 7.67. The molecule has 0 spiro atoms. The van der Waals surface area contributed by atoms with Crippen LogP contribution in [0.2, 0.25) is 0 Å². The normalized spacial score (nSPS) is 11.6. The molecule has 0 N–H and O–H groups in total. The van der Waals surface area contributed by atoms with E-state index in [1.165, 1.54) is 18.9 Å². The third kappa shape index (κ3) is 3.55. The highest BCUT2D eigenvalue weighted by atomic mass is 32.2. The van der Waals surface area contributed by atoms with E-state index in [0.29, 0.717) is 12.0 Å². The van der Waals surface area contributed by atoms with Crippen molar-refractivity contribution >= 4 is 17.7 Å². The molecule has 0 bridgehead atoms. The number of methoxy groups -OCH3 is 1. The number of ether oxygens (including phenoxy) is 1. The topological polar surface area (TPSA) is 63.0 Å². The van der Waals surface area contributed by atoms with Crippen molar-refractivity contribution in [2.24, 2.45) is 0 Å². The first-order valence-electron chi connectivity index (χ1n) is 4.75. The molecule has 1 atom stereocenters. The van der Waals surface area contributed by atoms with E-state index in [4.69, 9.17) is 5.26 Å². The van der Waals surface area contributed by atoms with E-state index >= 15 is 0 Å². The predicted molar refractivity (Wildman–Crippen MR) is 60.9 cm³/mol. The zero-order valence-electron chi connectivity index (χ0n) is 9.14. The number of rotatable bonds is 4. The first kappa shape index (κ1) is 12.5. The Morgan fingerprint density at radius 2 is 2.50 bits per heavy atom. The lowest BCUT2D eigenvalue weighted by atomic mass is 10.3. The third-order valence-corrected chi connectivity index (χ3v) is 3.06. The van der Waals surface area contributed by atoms with Gasteiger partial charge in [-0.25, -0.2) is 0 Å². The zero-order valence-corrected chi connectivity index (χ0v) is 9.95. The van der Waals surface area contributed by atoms with E-state index in [0.717, 1.165) is 4.90 Å². The van der Waals surface area contributed by atoms with Crippen LogP contribution in [0.4, 0.5) is 0 Å². The first-order valence-corrected chi connectivity index (χ1v) is 5.63. The summed E-state index contributed by atoms with van der Waals surface area (Å²) in [5.41, 5.74) is 0.580. The number of thioether (sulfide) groups is 1. The van der Waals surface area contributed by atoms with Crippen molar-refractivity contribution in [2.75, 3.05) is 7.11 Å². The lowest BCUT2D eigenvalue weighted by molar-refractivity contribution is -0.140. The highest BCUT2D eigenvalue weighted by Crippen LogP contribution is 2.27. The summed E-state index contributed by atoms with van der Waals surface area (Å²) in [6, 6.07) is 3.75. The van der Waals surface area contributed by atoms with E-state index in [-0.39, 0.29) is 11.2 Å². The summed E-state index contributed by atoms with van der Waals surface area (Å²) in [6.07, 6.45) is 3.53. The second-order valence-corrected chi connectivity index (χ2v) is 4.67. The molecule has 0 aliphatic rings. The number of esters is 1. The minimum atomic E-state index is -0.248.